The lowest BCUT2D eigenvalue weighted by Gasteiger charge is -2.55. The second-order valence-electron chi connectivity index (χ2n) is 10.0. The van der Waals surface area contributed by atoms with Gasteiger partial charge in [0, 0.05) is 11.3 Å². The Morgan fingerprint density at radius 1 is 0.892 bits per heavy atom. The van der Waals surface area contributed by atoms with Gasteiger partial charge >= 0.3 is 24.7 Å². The Balaban J connectivity index is 3.87. The summed E-state index contributed by atoms with van der Waals surface area (Å²) >= 11 is 0. The topological polar surface area (TPSA) is 75.7 Å². The molecule has 0 saturated carbocycles. The molecule has 5 unspecified atom stereocenters. The number of alkyl halides is 12. The molecule has 0 saturated heterocycles. The summed E-state index contributed by atoms with van der Waals surface area (Å²) in [6, 6.07) is 0. The molecule has 4 N–H and O–H groups in total. The van der Waals surface area contributed by atoms with E-state index in [0.717, 1.165) is 6.92 Å². The summed E-state index contributed by atoms with van der Waals surface area (Å²) < 4.78 is 170. The van der Waals surface area contributed by atoms with Crippen molar-refractivity contribution < 1.29 is 67.6 Å². The summed E-state index contributed by atoms with van der Waals surface area (Å²) in [4.78, 5) is 0. The molecule has 0 aromatic carbocycles. The van der Waals surface area contributed by atoms with Crippen LogP contribution in [0.15, 0.2) is 12.2 Å². The van der Waals surface area contributed by atoms with Crippen LogP contribution in [-0.2, 0) is 4.74 Å². The number of halogens is 12. The first-order chi connectivity index (χ1) is 16.0. The highest BCUT2D eigenvalue weighted by Crippen LogP contribution is 2.62. The van der Waals surface area contributed by atoms with Crippen molar-refractivity contribution in [1.29, 1.82) is 0 Å². The molecule has 1 rings (SSSR count). The Bertz CT molecular complexity index is 814. The molecule has 0 aliphatic heterocycles. The first-order valence-electron chi connectivity index (χ1n) is 10.9. The van der Waals surface area contributed by atoms with Crippen LogP contribution in [0.3, 0.4) is 0 Å². The summed E-state index contributed by atoms with van der Waals surface area (Å²) in [5.41, 5.74) is -10.5. The second-order valence-corrected chi connectivity index (χ2v) is 10.0. The van der Waals surface area contributed by atoms with Crippen molar-refractivity contribution in [2.75, 3.05) is 0 Å². The zero-order chi connectivity index (χ0) is 29.9. The fourth-order valence-corrected chi connectivity index (χ4v) is 4.52. The molecule has 0 spiro atoms. The van der Waals surface area contributed by atoms with Crippen molar-refractivity contribution >= 4 is 0 Å². The highest BCUT2D eigenvalue weighted by atomic mass is 19.4. The zero-order valence-corrected chi connectivity index (χ0v) is 20.3. The molecule has 5 atom stereocenters. The van der Waals surface area contributed by atoms with Crippen LogP contribution in [0.5, 0.6) is 0 Å². The van der Waals surface area contributed by atoms with E-state index < -0.39 is 77.3 Å². The van der Waals surface area contributed by atoms with Crippen LogP contribution in [0, 0.1) is 17.3 Å². The van der Waals surface area contributed by atoms with E-state index in [1.807, 2.05) is 0 Å². The molecule has 16 heteroatoms. The number of hydrogen-bond acceptors (Lipinski definition) is 4. The van der Waals surface area contributed by atoms with E-state index in [4.69, 9.17) is 5.73 Å². The Hall–Kier alpha value is -1.26. The van der Waals surface area contributed by atoms with Crippen LogP contribution in [0.1, 0.15) is 53.9 Å². The summed E-state index contributed by atoms with van der Waals surface area (Å²) in [7, 11) is 0. The monoisotopic (exact) mass is 571 g/mol. The second kappa shape index (κ2) is 9.44. The zero-order valence-electron chi connectivity index (χ0n) is 20.3. The van der Waals surface area contributed by atoms with Gasteiger partial charge in [0.2, 0.25) is 0 Å². The van der Waals surface area contributed by atoms with Crippen LogP contribution in [-0.4, -0.2) is 57.4 Å². The Kier molecular flexibility index (Phi) is 8.61. The third kappa shape index (κ3) is 5.19. The third-order valence-electron chi connectivity index (χ3n) is 7.66. The third-order valence-corrected chi connectivity index (χ3v) is 7.66. The molecular weight excluding hydrogens is 542 g/mol. The Morgan fingerprint density at radius 3 is 1.57 bits per heavy atom. The molecule has 0 aromatic heterocycles. The van der Waals surface area contributed by atoms with Crippen LogP contribution < -0.4 is 5.73 Å². The molecule has 1 aliphatic carbocycles. The van der Waals surface area contributed by atoms with Gasteiger partial charge in [-0.15, -0.1) is 0 Å². The minimum absolute atomic E-state index is 0.0733. The molecule has 0 aromatic rings. The van der Waals surface area contributed by atoms with Gasteiger partial charge in [0.15, 0.2) is 5.79 Å². The SMILES string of the molecule is CCC(C)C(C)(N)C(C)(O)OC(C(F)(F)F)(C(F)(F)F)C1(C)C=CC(C(O)(C(F)(F)F)C(F)(F)F)CC1. The molecule has 0 fully saturated rings. The average molecular weight is 571 g/mol. The quantitative estimate of drug-likeness (QED) is 0.194. The molecule has 0 heterocycles. The molecule has 0 amide bonds. The van der Waals surface area contributed by atoms with E-state index in [0.29, 0.717) is 6.92 Å². The maximum Gasteiger partial charge on any atom is 0.427 e. The normalized spacial score (nSPS) is 27.0. The van der Waals surface area contributed by atoms with Gasteiger partial charge in [0.1, 0.15) is 0 Å². The maximum absolute atomic E-state index is 14.4. The first-order valence-corrected chi connectivity index (χ1v) is 10.9. The van der Waals surface area contributed by atoms with E-state index in [1.165, 1.54) is 13.8 Å². The lowest BCUT2D eigenvalue weighted by Crippen LogP contribution is -2.74. The molecule has 37 heavy (non-hydrogen) atoms. The first kappa shape index (κ1) is 33.8. The minimum Gasteiger partial charge on any atom is -0.373 e. The van der Waals surface area contributed by atoms with Gasteiger partial charge in [-0.05, 0) is 32.6 Å². The molecule has 1 aliphatic rings. The van der Waals surface area contributed by atoms with Crippen LogP contribution in [0.2, 0.25) is 0 Å². The van der Waals surface area contributed by atoms with Crippen molar-refractivity contribution in [2.45, 2.75) is 101 Å². The van der Waals surface area contributed by atoms with E-state index >= 15 is 0 Å². The van der Waals surface area contributed by atoms with Gasteiger partial charge < -0.3 is 20.7 Å². The van der Waals surface area contributed by atoms with Crippen molar-refractivity contribution in [2.24, 2.45) is 23.0 Å². The van der Waals surface area contributed by atoms with Gasteiger partial charge in [-0.3, -0.25) is 0 Å². The van der Waals surface area contributed by atoms with E-state index in [1.54, 1.807) is 0 Å². The van der Waals surface area contributed by atoms with Gasteiger partial charge in [-0.1, -0.05) is 39.3 Å². The lowest BCUT2D eigenvalue weighted by atomic mass is 9.62. The largest absolute Gasteiger partial charge is 0.427 e. The van der Waals surface area contributed by atoms with Crippen LogP contribution in [0.4, 0.5) is 52.7 Å². The van der Waals surface area contributed by atoms with E-state index in [2.05, 4.69) is 4.74 Å². The average Bonchev–Trinajstić information content (AvgIpc) is 2.67. The smallest absolute Gasteiger partial charge is 0.373 e. The van der Waals surface area contributed by atoms with Crippen molar-refractivity contribution in [1.82, 2.24) is 0 Å². The van der Waals surface area contributed by atoms with Crippen LogP contribution in [0.25, 0.3) is 0 Å². The molecule has 0 bridgehead atoms. The summed E-state index contributed by atoms with van der Waals surface area (Å²) in [5.74, 6) is -7.26. The number of hydrogen-bond donors (Lipinski definition) is 3. The summed E-state index contributed by atoms with van der Waals surface area (Å²) in [6.45, 7) is 4.44. The Morgan fingerprint density at radius 2 is 1.30 bits per heavy atom. The maximum atomic E-state index is 14.4. The van der Waals surface area contributed by atoms with Crippen molar-refractivity contribution in [3.63, 3.8) is 0 Å². The predicted octanol–water partition coefficient (Wildman–Crippen LogP) is 6.17. The van der Waals surface area contributed by atoms with E-state index in [9.17, 15) is 62.9 Å². The van der Waals surface area contributed by atoms with E-state index in [-0.39, 0.29) is 25.5 Å². The van der Waals surface area contributed by atoms with Crippen molar-refractivity contribution in [3.8, 4) is 0 Å². The summed E-state index contributed by atoms with van der Waals surface area (Å²) in [6.07, 6.45) is -29.0. The number of aliphatic hydroxyl groups is 2. The fraction of sp³-hybridized carbons (Fsp3) is 0.905. The molecule has 4 nitrogen and oxygen atoms in total. The predicted molar refractivity (Wildman–Crippen MR) is 106 cm³/mol. The standard InChI is InChI=1S/C21H29F12NO3/c1-6-11(2)14(4,34)15(5,35)37-17(20(28,29)30,21(31,32)33)13(3)9-7-12(8-10-13)16(36,18(22,23)24)19(25,26)27/h7,9,11-12,35-36H,6,8,10,34H2,1-5H3. The van der Waals surface area contributed by atoms with Gasteiger partial charge in [0.05, 0.1) is 5.54 Å². The van der Waals surface area contributed by atoms with Gasteiger partial charge in [-0.2, -0.15) is 52.7 Å². The number of ether oxygens (including phenoxy) is 1. The van der Waals surface area contributed by atoms with Gasteiger partial charge in [-0.25, -0.2) is 0 Å². The molecule has 0 radical (unpaired) electrons. The molecule has 220 valence electrons. The van der Waals surface area contributed by atoms with Crippen LogP contribution >= 0.6 is 0 Å². The minimum atomic E-state index is -6.41. The summed E-state index contributed by atoms with van der Waals surface area (Å²) in [5, 5.41) is 20.3. The van der Waals surface area contributed by atoms with Crippen molar-refractivity contribution in [3.05, 3.63) is 12.2 Å². The highest BCUT2D eigenvalue weighted by Gasteiger charge is 2.82. The van der Waals surface area contributed by atoms with Gasteiger partial charge in [0.25, 0.3) is 11.2 Å². The molecular formula is C21H29F12NO3. The number of nitrogens with two attached hydrogens (primary N) is 1. The lowest BCUT2D eigenvalue weighted by molar-refractivity contribution is -0.459. The number of rotatable bonds is 7. The highest BCUT2D eigenvalue weighted by molar-refractivity contribution is 5.23. The fourth-order valence-electron chi connectivity index (χ4n) is 4.52. The Labute approximate surface area is 204 Å².